The van der Waals surface area contributed by atoms with Gasteiger partial charge in [0.05, 0.1) is 5.92 Å². The zero-order valence-electron chi connectivity index (χ0n) is 16.1. The van der Waals surface area contributed by atoms with Crippen molar-refractivity contribution in [2.75, 3.05) is 18.4 Å². The molecule has 1 saturated heterocycles. The number of anilines is 1. The van der Waals surface area contributed by atoms with Gasteiger partial charge in [0.2, 0.25) is 11.8 Å². The van der Waals surface area contributed by atoms with Gasteiger partial charge in [-0.2, -0.15) is 0 Å². The maximum Gasteiger partial charge on any atom is 0.410 e. The third kappa shape index (κ3) is 5.42. The first-order valence-corrected chi connectivity index (χ1v) is 8.86. The number of primary amides is 1. The Kier molecular flexibility index (Phi) is 6.08. The normalized spacial score (nSPS) is 17.4. The standard InChI is InChI=1S/C19H26FN3O4/c1-11-14(20)8-13(16(21)24)9-15(11)22-17(25)12-6-5-7-23(10-12)18(26)27-19(2,3)4/h8-9,12H,5-7,10H2,1-4H3,(H2,21,24)(H,22,25)/t12-/m1/s1. The summed E-state index contributed by atoms with van der Waals surface area (Å²) >= 11 is 0. The maximum atomic E-state index is 14.0. The molecule has 3 amide bonds. The summed E-state index contributed by atoms with van der Waals surface area (Å²) in [6.07, 6.45) is 0.798. The van der Waals surface area contributed by atoms with Crippen LogP contribution >= 0.6 is 0 Å². The van der Waals surface area contributed by atoms with E-state index in [4.69, 9.17) is 10.5 Å². The van der Waals surface area contributed by atoms with E-state index in [-0.39, 0.29) is 29.3 Å². The van der Waals surface area contributed by atoms with Crippen LogP contribution in [0.2, 0.25) is 0 Å². The lowest BCUT2D eigenvalue weighted by Crippen LogP contribution is -2.45. The molecule has 7 nitrogen and oxygen atoms in total. The van der Waals surface area contributed by atoms with Crippen LogP contribution in [0, 0.1) is 18.7 Å². The molecular formula is C19H26FN3O4. The number of hydrogen-bond acceptors (Lipinski definition) is 4. The second-order valence-electron chi connectivity index (χ2n) is 7.75. The fraction of sp³-hybridized carbons (Fsp3) is 0.526. The number of nitrogens with one attached hydrogen (secondary N) is 1. The Labute approximate surface area is 158 Å². The van der Waals surface area contributed by atoms with Gasteiger partial charge in [-0.1, -0.05) is 0 Å². The molecule has 0 bridgehead atoms. The predicted octanol–water partition coefficient (Wildman–Crippen LogP) is 2.82. The minimum Gasteiger partial charge on any atom is -0.444 e. The van der Waals surface area contributed by atoms with Crippen molar-refractivity contribution in [2.45, 2.75) is 46.1 Å². The molecule has 1 fully saturated rings. The smallest absolute Gasteiger partial charge is 0.410 e. The van der Waals surface area contributed by atoms with Gasteiger partial charge in [0, 0.05) is 29.9 Å². The fourth-order valence-electron chi connectivity index (χ4n) is 2.87. The third-order valence-electron chi connectivity index (χ3n) is 4.33. The van der Waals surface area contributed by atoms with Crippen LogP contribution in [0.25, 0.3) is 0 Å². The van der Waals surface area contributed by atoms with Gasteiger partial charge in [-0.15, -0.1) is 0 Å². The first kappa shape index (κ1) is 20.7. The molecule has 1 aliphatic rings. The van der Waals surface area contributed by atoms with Crippen molar-refractivity contribution in [2.24, 2.45) is 11.7 Å². The molecule has 1 aromatic carbocycles. The van der Waals surface area contributed by atoms with Gasteiger partial charge >= 0.3 is 6.09 Å². The van der Waals surface area contributed by atoms with Gasteiger partial charge in [-0.3, -0.25) is 9.59 Å². The number of piperidine rings is 1. The summed E-state index contributed by atoms with van der Waals surface area (Å²) in [4.78, 5) is 37.7. The molecule has 1 aliphatic heterocycles. The van der Waals surface area contributed by atoms with Crippen molar-refractivity contribution in [3.05, 3.63) is 29.1 Å². The topological polar surface area (TPSA) is 102 Å². The number of halogens is 1. The van der Waals surface area contributed by atoms with Crippen molar-refractivity contribution >= 4 is 23.6 Å². The van der Waals surface area contributed by atoms with Crippen molar-refractivity contribution in [3.63, 3.8) is 0 Å². The largest absolute Gasteiger partial charge is 0.444 e. The van der Waals surface area contributed by atoms with E-state index in [9.17, 15) is 18.8 Å². The van der Waals surface area contributed by atoms with Crippen LogP contribution in [-0.4, -0.2) is 41.5 Å². The van der Waals surface area contributed by atoms with E-state index in [0.29, 0.717) is 19.4 Å². The second-order valence-corrected chi connectivity index (χ2v) is 7.75. The van der Waals surface area contributed by atoms with Crippen molar-refractivity contribution < 1.29 is 23.5 Å². The third-order valence-corrected chi connectivity index (χ3v) is 4.33. The van der Waals surface area contributed by atoms with E-state index in [0.717, 1.165) is 6.07 Å². The summed E-state index contributed by atoms with van der Waals surface area (Å²) < 4.78 is 19.3. The highest BCUT2D eigenvalue weighted by Crippen LogP contribution is 2.24. The van der Waals surface area contributed by atoms with Crippen LogP contribution in [0.5, 0.6) is 0 Å². The van der Waals surface area contributed by atoms with Crippen LogP contribution in [0.4, 0.5) is 14.9 Å². The number of nitrogens with zero attached hydrogens (tertiary/aromatic N) is 1. The van der Waals surface area contributed by atoms with E-state index >= 15 is 0 Å². The molecule has 1 heterocycles. The first-order chi connectivity index (χ1) is 12.5. The molecular weight excluding hydrogens is 353 g/mol. The number of likely N-dealkylation sites (tertiary alicyclic amines) is 1. The Balaban J connectivity index is 2.10. The van der Waals surface area contributed by atoms with Crippen LogP contribution in [-0.2, 0) is 9.53 Å². The van der Waals surface area contributed by atoms with Crippen LogP contribution < -0.4 is 11.1 Å². The molecule has 3 N–H and O–H groups in total. The number of amides is 3. The summed E-state index contributed by atoms with van der Waals surface area (Å²) in [5.41, 5.74) is 4.98. The Bertz CT molecular complexity index is 758. The highest BCUT2D eigenvalue weighted by Gasteiger charge is 2.31. The molecule has 0 unspecified atom stereocenters. The molecule has 0 aromatic heterocycles. The average Bonchev–Trinajstić information content (AvgIpc) is 2.57. The maximum absolute atomic E-state index is 14.0. The summed E-state index contributed by atoms with van der Waals surface area (Å²) in [5, 5.41) is 2.66. The van der Waals surface area contributed by atoms with Crippen molar-refractivity contribution in [1.29, 1.82) is 0 Å². The van der Waals surface area contributed by atoms with Crippen molar-refractivity contribution in [1.82, 2.24) is 4.90 Å². The van der Waals surface area contributed by atoms with E-state index < -0.39 is 29.3 Å². The number of nitrogens with two attached hydrogens (primary N) is 1. The Morgan fingerprint density at radius 3 is 2.56 bits per heavy atom. The monoisotopic (exact) mass is 379 g/mol. The molecule has 148 valence electrons. The molecule has 8 heteroatoms. The second kappa shape index (κ2) is 7.94. The quantitative estimate of drug-likeness (QED) is 0.843. The number of ether oxygens (including phenoxy) is 1. The Morgan fingerprint density at radius 2 is 1.96 bits per heavy atom. The van der Waals surface area contributed by atoms with Crippen molar-refractivity contribution in [3.8, 4) is 0 Å². The number of carbonyl (C=O) groups excluding carboxylic acids is 3. The van der Waals surface area contributed by atoms with Gasteiger partial charge in [0.25, 0.3) is 0 Å². The molecule has 0 saturated carbocycles. The summed E-state index contributed by atoms with van der Waals surface area (Å²) in [5.74, 6) is -2.20. The minimum atomic E-state index is -0.779. The highest BCUT2D eigenvalue weighted by atomic mass is 19.1. The number of carbonyl (C=O) groups is 3. The fourth-order valence-corrected chi connectivity index (χ4v) is 2.87. The SMILES string of the molecule is Cc1c(F)cc(C(N)=O)cc1NC(=O)[C@@H]1CCCN(C(=O)OC(C)(C)C)C1. The Morgan fingerprint density at radius 1 is 1.30 bits per heavy atom. The summed E-state index contributed by atoms with van der Waals surface area (Å²) in [7, 11) is 0. The lowest BCUT2D eigenvalue weighted by molar-refractivity contribution is -0.121. The molecule has 1 aromatic rings. The zero-order valence-corrected chi connectivity index (χ0v) is 16.1. The first-order valence-electron chi connectivity index (χ1n) is 8.86. The average molecular weight is 379 g/mol. The zero-order chi connectivity index (χ0) is 20.4. The van der Waals surface area contributed by atoms with E-state index in [2.05, 4.69) is 5.32 Å². The molecule has 0 spiro atoms. The number of hydrogen-bond donors (Lipinski definition) is 2. The van der Waals surface area contributed by atoms with E-state index in [1.165, 1.54) is 17.9 Å². The number of benzene rings is 1. The van der Waals surface area contributed by atoms with Gasteiger partial charge in [-0.05, 0) is 52.7 Å². The lowest BCUT2D eigenvalue weighted by Gasteiger charge is -2.33. The minimum absolute atomic E-state index is 0.0209. The molecule has 0 radical (unpaired) electrons. The lowest BCUT2D eigenvalue weighted by atomic mass is 9.97. The summed E-state index contributed by atoms with van der Waals surface area (Å²) in [6, 6.07) is 2.39. The molecule has 1 atom stereocenters. The van der Waals surface area contributed by atoms with Crippen LogP contribution in [0.1, 0.15) is 49.5 Å². The Hall–Kier alpha value is -2.64. The van der Waals surface area contributed by atoms with Gasteiger partial charge < -0.3 is 20.7 Å². The van der Waals surface area contributed by atoms with Gasteiger partial charge in [-0.25, -0.2) is 9.18 Å². The van der Waals surface area contributed by atoms with Crippen LogP contribution in [0.3, 0.4) is 0 Å². The molecule has 2 rings (SSSR count). The van der Waals surface area contributed by atoms with Gasteiger partial charge in [0.15, 0.2) is 0 Å². The highest BCUT2D eigenvalue weighted by molar-refractivity contribution is 5.97. The van der Waals surface area contributed by atoms with E-state index in [1.807, 2.05) is 0 Å². The van der Waals surface area contributed by atoms with Gasteiger partial charge in [0.1, 0.15) is 11.4 Å². The van der Waals surface area contributed by atoms with Crippen LogP contribution in [0.15, 0.2) is 12.1 Å². The summed E-state index contributed by atoms with van der Waals surface area (Å²) in [6.45, 7) is 7.58. The molecule has 27 heavy (non-hydrogen) atoms. The number of rotatable bonds is 3. The molecule has 0 aliphatic carbocycles. The predicted molar refractivity (Wildman–Crippen MR) is 98.8 cm³/mol. The van der Waals surface area contributed by atoms with E-state index in [1.54, 1.807) is 20.8 Å².